The number of phenols is 1. The van der Waals surface area contributed by atoms with Crippen LogP contribution in [0.25, 0.3) is 0 Å². The third kappa shape index (κ3) is 2.92. The molecular formula is C16H18N2O3S. The van der Waals surface area contributed by atoms with Crippen LogP contribution in [0.15, 0.2) is 24.4 Å². The molecule has 0 radical (unpaired) electrons. The number of para-hydroxylation sites is 1. The van der Waals surface area contributed by atoms with E-state index in [1.165, 1.54) is 7.11 Å². The highest BCUT2D eigenvalue weighted by atomic mass is 32.1. The van der Waals surface area contributed by atoms with Gasteiger partial charge in [-0.2, -0.15) is 0 Å². The molecule has 6 heteroatoms. The van der Waals surface area contributed by atoms with E-state index >= 15 is 0 Å². The molecule has 1 atom stereocenters. The van der Waals surface area contributed by atoms with Gasteiger partial charge in [0.15, 0.2) is 11.5 Å². The first kappa shape index (κ1) is 14.8. The fourth-order valence-corrected chi connectivity index (χ4v) is 3.34. The number of nitrogens with one attached hydrogen (secondary N) is 1. The number of nitrogens with zero attached hydrogens (tertiary/aromatic N) is 1. The van der Waals surface area contributed by atoms with E-state index in [9.17, 15) is 9.90 Å². The van der Waals surface area contributed by atoms with Crippen molar-refractivity contribution in [2.24, 2.45) is 5.92 Å². The zero-order chi connectivity index (χ0) is 15.7. The molecule has 0 saturated heterocycles. The number of rotatable bonds is 5. The van der Waals surface area contributed by atoms with Crippen LogP contribution in [0.2, 0.25) is 0 Å². The largest absolute Gasteiger partial charge is 0.504 e. The van der Waals surface area contributed by atoms with Crippen LogP contribution in [-0.4, -0.2) is 23.1 Å². The van der Waals surface area contributed by atoms with E-state index in [4.69, 9.17) is 4.74 Å². The minimum absolute atomic E-state index is 0.0863. The summed E-state index contributed by atoms with van der Waals surface area (Å²) >= 11 is 1.60. The number of hydrogen-bond acceptors (Lipinski definition) is 5. The number of phenolic OH excluding ortho intramolecular Hbond substituents is 1. The average Bonchev–Trinajstić information content (AvgIpc) is 3.26. The van der Waals surface area contributed by atoms with E-state index < -0.39 is 0 Å². The summed E-state index contributed by atoms with van der Waals surface area (Å²) in [4.78, 5) is 18.0. The Morgan fingerprint density at radius 2 is 2.27 bits per heavy atom. The molecule has 2 N–H and O–H groups in total. The predicted molar refractivity (Wildman–Crippen MR) is 84.4 cm³/mol. The molecule has 1 aromatic carbocycles. The van der Waals surface area contributed by atoms with Gasteiger partial charge in [0.2, 0.25) is 0 Å². The van der Waals surface area contributed by atoms with E-state index in [-0.39, 0.29) is 23.3 Å². The van der Waals surface area contributed by atoms with Gasteiger partial charge in [-0.15, -0.1) is 11.3 Å². The number of amides is 1. The summed E-state index contributed by atoms with van der Waals surface area (Å²) in [5.74, 6) is 0.288. The molecule has 116 valence electrons. The number of carbonyl (C=O) groups is 1. The van der Waals surface area contributed by atoms with Gasteiger partial charge in [-0.1, -0.05) is 6.07 Å². The van der Waals surface area contributed by atoms with Gasteiger partial charge < -0.3 is 15.2 Å². The zero-order valence-electron chi connectivity index (χ0n) is 12.5. The molecule has 1 amide bonds. The summed E-state index contributed by atoms with van der Waals surface area (Å²) < 4.78 is 5.05. The van der Waals surface area contributed by atoms with Gasteiger partial charge in [0.1, 0.15) is 5.01 Å². The molecule has 1 saturated carbocycles. The summed E-state index contributed by atoms with van der Waals surface area (Å²) in [6.45, 7) is 2.00. The fraction of sp³-hybridized carbons (Fsp3) is 0.375. The van der Waals surface area contributed by atoms with Gasteiger partial charge in [-0.3, -0.25) is 4.79 Å². The molecule has 0 bridgehead atoms. The van der Waals surface area contributed by atoms with Crippen LogP contribution < -0.4 is 10.1 Å². The van der Waals surface area contributed by atoms with Crippen LogP contribution in [0.3, 0.4) is 0 Å². The Hall–Kier alpha value is -2.08. The first-order valence-electron chi connectivity index (χ1n) is 7.19. The molecule has 3 rings (SSSR count). The fourth-order valence-electron chi connectivity index (χ4n) is 2.42. The Kier molecular flexibility index (Phi) is 4.02. The minimum Gasteiger partial charge on any atom is -0.504 e. The number of thiazole rings is 1. The highest BCUT2D eigenvalue weighted by molar-refractivity contribution is 7.11. The lowest BCUT2D eigenvalue weighted by molar-refractivity contribution is 0.0928. The Labute approximate surface area is 133 Å². The Bertz CT molecular complexity index is 694. The summed E-state index contributed by atoms with van der Waals surface area (Å²) in [5, 5.41) is 14.0. The highest BCUT2D eigenvalue weighted by Gasteiger charge is 2.35. The minimum atomic E-state index is -0.304. The lowest BCUT2D eigenvalue weighted by Crippen LogP contribution is -2.29. The van der Waals surface area contributed by atoms with Crippen LogP contribution in [0.1, 0.15) is 39.1 Å². The van der Waals surface area contributed by atoms with Gasteiger partial charge in [0, 0.05) is 11.1 Å². The first-order valence-corrected chi connectivity index (χ1v) is 8.01. The molecule has 1 unspecified atom stereocenters. The number of aromatic hydroxyl groups is 1. The SMILES string of the molecule is COc1cccc(C(=O)NC(c2ncc(C)s2)C2CC2)c1O. The monoisotopic (exact) mass is 318 g/mol. The number of hydrogen-bond donors (Lipinski definition) is 2. The van der Waals surface area contributed by atoms with Crippen LogP contribution >= 0.6 is 11.3 Å². The lowest BCUT2D eigenvalue weighted by atomic mass is 10.1. The van der Waals surface area contributed by atoms with Crippen molar-refractivity contribution in [3.05, 3.63) is 39.8 Å². The molecule has 1 fully saturated rings. The maximum atomic E-state index is 12.5. The number of aromatic nitrogens is 1. The molecule has 22 heavy (non-hydrogen) atoms. The Morgan fingerprint density at radius 1 is 1.50 bits per heavy atom. The molecule has 0 aliphatic heterocycles. The third-order valence-electron chi connectivity index (χ3n) is 3.75. The van der Waals surface area contributed by atoms with Crippen molar-refractivity contribution in [3.8, 4) is 11.5 Å². The Morgan fingerprint density at radius 3 is 2.86 bits per heavy atom. The zero-order valence-corrected chi connectivity index (χ0v) is 13.3. The summed E-state index contributed by atoms with van der Waals surface area (Å²) in [6, 6.07) is 4.81. The Balaban J connectivity index is 1.83. The number of aryl methyl sites for hydroxylation is 1. The van der Waals surface area contributed by atoms with Crippen LogP contribution in [0.5, 0.6) is 11.5 Å². The predicted octanol–water partition coefficient (Wildman–Crippen LogP) is 3.05. The molecule has 1 aliphatic carbocycles. The molecular weight excluding hydrogens is 300 g/mol. The van der Waals surface area contributed by atoms with Gasteiger partial charge in [-0.05, 0) is 37.8 Å². The highest BCUT2D eigenvalue weighted by Crippen LogP contribution is 2.42. The lowest BCUT2D eigenvalue weighted by Gasteiger charge is -2.17. The van der Waals surface area contributed by atoms with Gasteiger partial charge in [0.05, 0.1) is 18.7 Å². The topological polar surface area (TPSA) is 71.5 Å². The van der Waals surface area contributed by atoms with Crippen molar-refractivity contribution >= 4 is 17.2 Å². The molecule has 1 heterocycles. The van der Waals surface area contributed by atoms with Crippen molar-refractivity contribution in [2.75, 3.05) is 7.11 Å². The van der Waals surface area contributed by atoms with Crippen LogP contribution in [-0.2, 0) is 0 Å². The third-order valence-corrected chi connectivity index (χ3v) is 4.74. The van der Waals surface area contributed by atoms with Crippen LogP contribution in [0, 0.1) is 12.8 Å². The normalized spacial score (nSPS) is 15.4. The van der Waals surface area contributed by atoms with Gasteiger partial charge in [0.25, 0.3) is 5.91 Å². The molecule has 2 aromatic rings. The average molecular weight is 318 g/mol. The second-order valence-corrected chi connectivity index (χ2v) is 6.72. The second-order valence-electron chi connectivity index (χ2n) is 5.45. The summed E-state index contributed by atoms with van der Waals surface area (Å²) in [5.41, 5.74) is 0.221. The second kappa shape index (κ2) is 5.96. The van der Waals surface area contributed by atoms with Gasteiger partial charge >= 0.3 is 0 Å². The molecule has 1 aromatic heterocycles. The van der Waals surface area contributed by atoms with E-state index in [1.807, 2.05) is 13.1 Å². The summed E-state index contributed by atoms with van der Waals surface area (Å²) in [7, 11) is 1.46. The van der Waals surface area contributed by atoms with E-state index in [1.54, 1.807) is 29.5 Å². The molecule has 1 aliphatic rings. The van der Waals surface area contributed by atoms with Crippen molar-refractivity contribution < 1.29 is 14.6 Å². The summed E-state index contributed by atoms with van der Waals surface area (Å²) in [6.07, 6.45) is 4.01. The van der Waals surface area contributed by atoms with Crippen molar-refractivity contribution in [3.63, 3.8) is 0 Å². The quantitative estimate of drug-likeness (QED) is 0.889. The number of ether oxygens (including phenoxy) is 1. The first-order chi connectivity index (χ1) is 10.6. The van der Waals surface area contributed by atoms with Gasteiger partial charge in [-0.25, -0.2) is 4.98 Å². The standard InChI is InChI=1S/C16H18N2O3S/c1-9-8-17-16(22-9)13(10-6-7-10)18-15(20)11-4-3-5-12(21-2)14(11)19/h3-5,8,10,13,19H,6-7H2,1-2H3,(H,18,20). The number of methoxy groups -OCH3 is 1. The van der Waals surface area contributed by atoms with Crippen molar-refractivity contribution in [1.29, 1.82) is 0 Å². The van der Waals surface area contributed by atoms with Crippen molar-refractivity contribution in [1.82, 2.24) is 10.3 Å². The number of carbonyl (C=O) groups excluding carboxylic acids is 1. The smallest absolute Gasteiger partial charge is 0.255 e. The number of benzene rings is 1. The van der Waals surface area contributed by atoms with Crippen LogP contribution in [0.4, 0.5) is 0 Å². The van der Waals surface area contributed by atoms with E-state index in [2.05, 4.69) is 10.3 Å². The molecule has 5 nitrogen and oxygen atoms in total. The molecule has 0 spiro atoms. The maximum absolute atomic E-state index is 12.5. The van der Waals surface area contributed by atoms with E-state index in [0.717, 1.165) is 22.7 Å². The van der Waals surface area contributed by atoms with Crippen molar-refractivity contribution in [2.45, 2.75) is 25.8 Å². The van der Waals surface area contributed by atoms with E-state index in [0.29, 0.717) is 11.7 Å². The maximum Gasteiger partial charge on any atom is 0.255 e.